The monoisotopic (exact) mass is 461 g/mol. The van der Waals surface area contributed by atoms with Gasteiger partial charge in [-0.15, -0.1) is 0 Å². The zero-order valence-electron chi connectivity index (χ0n) is 16.9. The van der Waals surface area contributed by atoms with Gasteiger partial charge in [-0.3, -0.25) is 4.79 Å². The average Bonchev–Trinajstić information content (AvgIpc) is 3.37. The maximum absolute atomic E-state index is 14.0. The number of alkyl halides is 3. The number of aromatic nitrogens is 2. The lowest BCUT2D eigenvalue weighted by Crippen LogP contribution is -2.45. The van der Waals surface area contributed by atoms with Gasteiger partial charge in [0.15, 0.2) is 5.69 Å². The predicted octanol–water partition coefficient (Wildman–Crippen LogP) is 5.21. The molecule has 0 N–H and O–H groups in total. The molecule has 0 saturated carbocycles. The van der Waals surface area contributed by atoms with Crippen molar-refractivity contribution >= 4 is 17.5 Å². The smallest absolute Gasteiger partial charge is 0.365 e. The van der Waals surface area contributed by atoms with Gasteiger partial charge in [-0.2, -0.15) is 18.3 Å². The van der Waals surface area contributed by atoms with E-state index in [0.29, 0.717) is 32.5 Å². The van der Waals surface area contributed by atoms with Crippen LogP contribution in [-0.4, -0.2) is 33.7 Å². The Morgan fingerprint density at radius 3 is 2.56 bits per heavy atom. The van der Waals surface area contributed by atoms with Crippen molar-refractivity contribution in [1.82, 2.24) is 14.7 Å². The van der Waals surface area contributed by atoms with Gasteiger partial charge in [0.05, 0.1) is 29.7 Å². The van der Waals surface area contributed by atoms with Crippen LogP contribution in [0.25, 0.3) is 5.69 Å². The Morgan fingerprint density at radius 1 is 1.09 bits per heavy atom. The molecular weight excluding hydrogens is 443 g/mol. The number of hydrogen-bond acceptors (Lipinski definition) is 3. The van der Waals surface area contributed by atoms with Crippen LogP contribution in [0.1, 0.15) is 40.0 Å². The molecule has 5 rings (SSSR count). The number of ether oxygens (including phenoxy) is 1. The fourth-order valence-corrected chi connectivity index (χ4v) is 4.81. The minimum absolute atomic E-state index is 0.137. The topological polar surface area (TPSA) is 47.4 Å². The molecule has 1 fully saturated rings. The summed E-state index contributed by atoms with van der Waals surface area (Å²) in [7, 11) is 0. The van der Waals surface area contributed by atoms with Crippen molar-refractivity contribution in [2.45, 2.75) is 31.2 Å². The van der Waals surface area contributed by atoms with Gasteiger partial charge in [-0.05, 0) is 42.2 Å². The first-order chi connectivity index (χ1) is 15.3. The number of benzene rings is 2. The predicted molar refractivity (Wildman–Crippen MR) is 112 cm³/mol. The fraction of sp³-hybridized carbons (Fsp3) is 0.304. The second kappa shape index (κ2) is 7.64. The molecule has 5 nitrogen and oxygen atoms in total. The molecule has 2 aliphatic rings. The van der Waals surface area contributed by atoms with Crippen molar-refractivity contribution in [3.05, 3.63) is 82.1 Å². The highest BCUT2D eigenvalue weighted by atomic mass is 35.5. The van der Waals surface area contributed by atoms with E-state index in [4.69, 9.17) is 16.3 Å². The van der Waals surface area contributed by atoms with Gasteiger partial charge in [-0.1, -0.05) is 41.9 Å². The molecule has 166 valence electrons. The molecule has 0 bridgehead atoms. The number of likely N-dealkylation sites (tertiary alicyclic amines) is 1. The average molecular weight is 462 g/mol. The van der Waals surface area contributed by atoms with Crippen molar-refractivity contribution in [3.8, 4) is 5.69 Å². The molecule has 3 aromatic rings. The Morgan fingerprint density at radius 2 is 1.84 bits per heavy atom. The van der Waals surface area contributed by atoms with E-state index >= 15 is 0 Å². The van der Waals surface area contributed by atoms with E-state index in [0.717, 1.165) is 22.0 Å². The molecule has 2 aromatic carbocycles. The number of nitrogens with zero attached hydrogens (tertiary/aromatic N) is 3. The van der Waals surface area contributed by atoms with Gasteiger partial charge in [-0.25, -0.2) is 4.68 Å². The zero-order valence-corrected chi connectivity index (χ0v) is 17.7. The first kappa shape index (κ1) is 21.0. The van der Waals surface area contributed by atoms with Crippen LogP contribution in [-0.2, 0) is 23.1 Å². The summed E-state index contributed by atoms with van der Waals surface area (Å²) >= 11 is 5.94. The molecule has 1 amide bonds. The Labute approximate surface area is 187 Å². The number of hydrogen-bond donors (Lipinski definition) is 0. The summed E-state index contributed by atoms with van der Waals surface area (Å²) in [6, 6.07) is 13.9. The Balaban J connectivity index is 1.42. The third-order valence-electron chi connectivity index (χ3n) is 6.19. The summed E-state index contributed by atoms with van der Waals surface area (Å²) in [5, 5.41) is 4.15. The highest BCUT2D eigenvalue weighted by Crippen LogP contribution is 2.44. The van der Waals surface area contributed by atoms with E-state index in [1.165, 1.54) is 23.1 Å². The Bertz CT molecular complexity index is 1180. The summed E-state index contributed by atoms with van der Waals surface area (Å²) in [6.45, 7) is 1.11. The lowest BCUT2D eigenvalue weighted by atomic mass is 9.83. The number of fused-ring (bicyclic) bond motifs is 2. The van der Waals surface area contributed by atoms with E-state index in [1.807, 2.05) is 24.3 Å². The number of rotatable bonds is 2. The van der Waals surface area contributed by atoms with Crippen LogP contribution >= 0.6 is 11.6 Å². The zero-order chi connectivity index (χ0) is 22.5. The molecule has 1 saturated heterocycles. The van der Waals surface area contributed by atoms with Crippen molar-refractivity contribution in [1.29, 1.82) is 0 Å². The van der Waals surface area contributed by atoms with Gasteiger partial charge >= 0.3 is 6.18 Å². The van der Waals surface area contributed by atoms with E-state index in [1.54, 1.807) is 6.07 Å². The van der Waals surface area contributed by atoms with Crippen LogP contribution in [0.2, 0.25) is 5.02 Å². The molecule has 32 heavy (non-hydrogen) atoms. The fourth-order valence-electron chi connectivity index (χ4n) is 4.62. The van der Waals surface area contributed by atoms with Crippen LogP contribution in [0.3, 0.4) is 0 Å². The number of halogens is 4. The maximum atomic E-state index is 14.0. The van der Waals surface area contributed by atoms with Crippen LogP contribution in [0.4, 0.5) is 13.2 Å². The highest BCUT2D eigenvalue weighted by molar-refractivity contribution is 6.30. The minimum atomic E-state index is -4.77. The quantitative estimate of drug-likeness (QED) is 0.526. The van der Waals surface area contributed by atoms with E-state index in [9.17, 15) is 18.0 Å². The van der Waals surface area contributed by atoms with Crippen molar-refractivity contribution in [2.75, 3.05) is 13.1 Å². The van der Waals surface area contributed by atoms with Gasteiger partial charge in [0.2, 0.25) is 0 Å². The van der Waals surface area contributed by atoms with Crippen LogP contribution < -0.4 is 0 Å². The van der Waals surface area contributed by atoms with Crippen molar-refractivity contribution in [2.24, 2.45) is 0 Å². The summed E-state index contributed by atoms with van der Waals surface area (Å²) in [6.07, 6.45) is -2.73. The van der Waals surface area contributed by atoms with Gasteiger partial charge in [0.1, 0.15) is 0 Å². The standard InChI is InChI=1S/C23H19ClF3N3O2/c24-16-5-3-6-17(12-16)30-20(23(25,26)27)18(13-28-30)21(31)29-10-8-22(9-11-29)19-7-2-1-4-15(19)14-32-22/h1-7,12-13H,8-11,14H2. The van der Waals surface area contributed by atoms with Gasteiger partial charge in [0, 0.05) is 18.1 Å². The molecule has 0 radical (unpaired) electrons. The largest absolute Gasteiger partial charge is 0.434 e. The van der Waals surface area contributed by atoms with Crippen LogP contribution in [0.5, 0.6) is 0 Å². The van der Waals surface area contributed by atoms with Gasteiger partial charge in [0.25, 0.3) is 5.91 Å². The summed E-state index contributed by atoms with van der Waals surface area (Å²) in [4.78, 5) is 14.6. The summed E-state index contributed by atoms with van der Waals surface area (Å²) in [5.41, 5.74) is 0.308. The molecule has 1 aromatic heterocycles. The maximum Gasteiger partial charge on any atom is 0.434 e. The normalized spacial score (nSPS) is 17.6. The highest BCUT2D eigenvalue weighted by Gasteiger charge is 2.45. The summed E-state index contributed by atoms with van der Waals surface area (Å²) < 4.78 is 48.7. The molecule has 0 atom stereocenters. The van der Waals surface area contributed by atoms with E-state index in [-0.39, 0.29) is 10.7 Å². The lowest BCUT2D eigenvalue weighted by Gasteiger charge is -2.39. The molecular formula is C23H19ClF3N3O2. The SMILES string of the molecule is O=C(c1cnn(-c2cccc(Cl)c2)c1C(F)(F)F)N1CCC2(CC1)OCc1ccccc12. The number of amides is 1. The molecule has 0 aliphatic carbocycles. The molecule has 0 unspecified atom stereocenters. The first-order valence-corrected chi connectivity index (χ1v) is 10.6. The lowest BCUT2D eigenvalue weighted by molar-refractivity contribution is -0.143. The van der Waals surface area contributed by atoms with Crippen molar-refractivity contribution in [3.63, 3.8) is 0 Å². The van der Waals surface area contributed by atoms with Crippen molar-refractivity contribution < 1.29 is 22.7 Å². The third-order valence-corrected chi connectivity index (χ3v) is 6.43. The van der Waals surface area contributed by atoms with Crippen LogP contribution in [0, 0.1) is 0 Å². The third kappa shape index (κ3) is 3.47. The van der Waals surface area contributed by atoms with E-state index in [2.05, 4.69) is 5.10 Å². The number of piperidine rings is 1. The molecule has 2 aliphatic heterocycles. The minimum Gasteiger partial charge on any atom is -0.365 e. The second-order valence-electron chi connectivity index (χ2n) is 8.03. The first-order valence-electron chi connectivity index (χ1n) is 10.2. The number of carbonyl (C=O) groups is 1. The molecule has 3 heterocycles. The van der Waals surface area contributed by atoms with Crippen LogP contribution in [0.15, 0.2) is 54.7 Å². The summed E-state index contributed by atoms with van der Waals surface area (Å²) in [5.74, 6) is -0.688. The molecule has 1 spiro atoms. The Kier molecular flexibility index (Phi) is 5.02. The van der Waals surface area contributed by atoms with Gasteiger partial charge < -0.3 is 9.64 Å². The number of carbonyl (C=O) groups excluding carboxylic acids is 1. The second-order valence-corrected chi connectivity index (χ2v) is 8.47. The van der Waals surface area contributed by atoms with E-state index < -0.39 is 28.9 Å². The Hall–Kier alpha value is -2.84. The molecule has 9 heteroatoms.